The maximum absolute atomic E-state index is 12.4. The van der Waals surface area contributed by atoms with Gasteiger partial charge in [-0.15, -0.1) is 0 Å². The molecule has 1 aliphatic carbocycles. The highest BCUT2D eigenvalue weighted by atomic mass is 16.5. The van der Waals surface area contributed by atoms with Crippen molar-refractivity contribution in [3.8, 4) is 6.07 Å². The van der Waals surface area contributed by atoms with Crippen LogP contribution < -0.4 is 10.2 Å². The van der Waals surface area contributed by atoms with Crippen LogP contribution >= 0.6 is 0 Å². The second-order valence-electron chi connectivity index (χ2n) is 6.77. The van der Waals surface area contributed by atoms with Gasteiger partial charge in [-0.25, -0.2) is 0 Å². The maximum Gasteiger partial charge on any atom is 0.251 e. The second-order valence-corrected chi connectivity index (χ2v) is 6.77. The number of benzene rings is 1. The molecular weight excluding hydrogens is 316 g/mol. The number of ether oxygens (including phenoxy) is 1. The molecule has 2 fully saturated rings. The fraction of sp³-hybridized carbons (Fsp3) is 0.421. The van der Waals surface area contributed by atoms with E-state index in [0.29, 0.717) is 30.2 Å². The third kappa shape index (κ3) is 3.15. The molecule has 1 saturated carbocycles. The van der Waals surface area contributed by atoms with E-state index in [1.807, 2.05) is 25.1 Å². The Bertz CT molecular complexity index is 856. The van der Waals surface area contributed by atoms with Crippen molar-refractivity contribution in [1.82, 2.24) is 10.3 Å². The molecule has 1 N–H and O–H groups in total. The summed E-state index contributed by atoms with van der Waals surface area (Å²) in [6, 6.07) is 10.1. The number of rotatable bonds is 3. The highest BCUT2D eigenvalue weighted by molar-refractivity contribution is 5.95. The molecule has 0 spiro atoms. The Kier molecular flexibility index (Phi) is 4.02. The van der Waals surface area contributed by atoms with Crippen molar-refractivity contribution in [1.29, 1.82) is 5.26 Å². The van der Waals surface area contributed by atoms with Crippen LogP contribution in [0.1, 0.15) is 25.3 Å². The molecule has 2 atom stereocenters. The third-order valence-corrected chi connectivity index (χ3v) is 4.68. The summed E-state index contributed by atoms with van der Waals surface area (Å²) >= 11 is 0. The highest BCUT2D eigenvalue weighted by Gasteiger charge is 2.34. The average Bonchev–Trinajstić information content (AvgIpc) is 3.44. The van der Waals surface area contributed by atoms with Gasteiger partial charge in [-0.3, -0.25) is 9.78 Å². The molecule has 25 heavy (non-hydrogen) atoms. The van der Waals surface area contributed by atoms with E-state index in [2.05, 4.69) is 21.3 Å². The Morgan fingerprint density at radius 3 is 2.96 bits per heavy atom. The van der Waals surface area contributed by atoms with E-state index in [1.54, 1.807) is 12.3 Å². The number of hydrogen-bond donors (Lipinski definition) is 1. The lowest BCUT2D eigenvalue weighted by molar-refractivity contribution is -0.137. The number of fused-ring (bicyclic) bond motifs is 1. The lowest BCUT2D eigenvalue weighted by Gasteiger charge is -2.38. The van der Waals surface area contributed by atoms with E-state index in [1.165, 1.54) is 0 Å². The summed E-state index contributed by atoms with van der Waals surface area (Å²) in [4.78, 5) is 18.9. The zero-order valence-electron chi connectivity index (χ0n) is 14.1. The fourth-order valence-corrected chi connectivity index (χ4v) is 3.34. The molecule has 0 radical (unpaired) electrons. The number of aromatic nitrogens is 1. The first-order chi connectivity index (χ1) is 12.2. The van der Waals surface area contributed by atoms with Crippen LogP contribution in [0.25, 0.3) is 10.9 Å². The Balaban J connectivity index is 1.65. The molecule has 0 bridgehead atoms. The number of anilines is 1. The highest BCUT2D eigenvalue weighted by Crippen LogP contribution is 2.30. The van der Waals surface area contributed by atoms with E-state index in [4.69, 9.17) is 4.74 Å². The summed E-state index contributed by atoms with van der Waals surface area (Å²) in [5.74, 6) is -0.0323. The number of nitriles is 1. The Hall–Kier alpha value is -2.65. The zero-order valence-corrected chi connectivity index (χ0v) is 14.1. The van der Waals surface area contributed by atoms with Gasteiger partial charge in [0, 0.05) is 29.9 Å². The molecule has 2 aliphatic rings. The largest absolute Gasteiger partial charge is 0.365 e. The molecule has 0 unspecified atom stereocenters. The van der Waals surface area contributed by atoms with Gasteiger partial charge in [-0.1, -0.05) is 0 Å². The van der Waals surface area contributed by atoms with E-state index in [-0.39, 0.29) is 12.0 Å². The number of pyridine rings is 1. The summed E-state index contributed by atoms with van der Waals surface area (Å²) in [5.41, 5.74) is 2.24. The number of hydrogen-bond acceptors (Lipinski definition) is 5. The van der Waals surface area contributed by atoms with Gasteiger partial charge >= 0.3 is 0 Å². The topological polar surface area (TPSA) is 78.2 Å². The van der Waals surface area contributed by atoms with Crippen LogP contribution in [-0.2, 0) is 9.53 Å². The Morgan fingerprint density at radius 1 is 1.36 bits per heavy atom. The van der Waals surface area contributed by atoms with Crippen molar-refractivity contribution in [2.75, 3.05) is 18.0 Å². The van der Waals surface area contributed by atoms with Gasteiger partial charge in [0.25, 0.3) is 5.91 Å². The van der Waals surface area contributed by atoms with Crippen molar-refractivity contribution >= 4 is 22.5 Å². The van der Waals surface area contributed by atoms with Gasteiger partial charge in [0.2, 0.25) is 0 Å². The summed E-state index contributed by atoms with van der Waals surface area (Å²) in [6.45, 7) is 3.18. The van der Waals surface area contributed by atoms with Gasteiger partial charge < -0.3 is 15.0 Å². The number of carbonyl (C=O) groups is 1. The number of amides is 1. The van der Waals surface area contributed by atoms with Gasteiger partial charge in [-0.2, -0.15) is 5.26 Å². The summed E-state index contributed by atoms with van der Waals surface area (Å²) in [7, 11) is 0. The lowest BCUT2D eigenvalue weighted by atomic mass is 10.1. The predicted molar refractivity (Wildman–Crippen MR) is 94.2 cm³/mol. The molecule has 1 amide bonds. The Morgan fingerprint density at radius 2 is 2.20 bits per heavy atom. The summed E-state index contributed by atoms with van der Waals surface area (Å²) < 4.78 is 5.86. The van der Waals surface area contributed by atoms with E-state index >= 15 is 0 Å². The number of morpholine rings is 1. The zero-order chi connectivity index (χ0) is 17.4. The second kappa shape index (κ2) is 6.34. The van der Waals surface area contributed by atoms with Gasteiger partial charge in [0.15, 0.2) is 6.10 Å². The number of nitrogens with zero attached hydrogens (tertiary/aromatic N) is 3. The molecule has 6 heteroatoms. The predicted octanol–water partition coefficient (Wildman–Crippen LogP) is 1.98. The van der Waals surface area contributed by atoms with Crippen molar-refractivity contribution in [2.45, 2.75) is 38.0 Å². The monoisotopic (exact) mass is 336 g/mol. The minimum atomic E-state index is -0.480. The first-order valence-corrected chi connectivity index (χ1v) is 8.64. The average molecular weight is 336 g/mol. The first kappa shape index (κ1) is 15.9. The number of carbonyl (C=O) groups excluding carboxylic acids is 1. The van der Waals surface area contributed by atoms with Crippen LogP contribution in [-0.4, -0.2) is 42.2 Å². The molecule has 4 rings (SSSR count). The number of nitrogens with one attached hydrogen (secondary N) is 1. The molecule has 2 heterocycles. The van der Waals surface area contributed by atoms with Crippen molar-refractivity contribution < 1.29 is 9.53 Å². The van der Waals surface area contributed by atoms with E-state index < -0.39 is 6.10 Å². The fourth-order valence-electron chi connectivity index (χ4n) is 3.34. The van der Waals surface area contributed by atoms with Crippen molar-refractivity contribution in [3.63, 3.8) is 0 Å². The quantitative estimate of drug-likeness (QED) is 0.927. The van der Waals surface area contributed by atoms with Crippen LogP contribution in [0.5, 0.6) is 0 Å². The van der Waals surface area contributed by atoms with Crippen LogP contribution in [0.4, 0.5) is 5.69 Å². The van der Waals surface area contributed by atoms with E-state index in [9.17, 15) is 10.1 Å². The first-order valence-electron chi connectivity index (χ1n) is 8.64. The molecule has 6 nitrogen and oxygen atoms in total. The standard InChI is InChI=1S/C19H20N4O2/c1-12-10-23(11-17(25-12)19(24)22-14-5-6-14)16-7-4-13(9-20)18-15(16)3-2-8-21-18/h2-4,7-8,12,14,17H,5-6,10-11H2,1H3,(H,22,24)/t12-,17-/m1/s1. The van der Waals surface area contributed by atoms with Gasteiger partial charge in [-0.05, 0) is 44.0 Å². The SMILES string of the molecule is C[C@@H]1CN(c2ccc(C#N)c3ncccc23)C[C@H](C(=O)NC2CC2)O1. The van der Waals surface area contributed by atoms with Crippen LogP contribution in [0.15, 0.2) is 30.5 Å². The Labute approximate surface area is 146 Å². The van der Waals surface area contributed by atoms with Crippen molar-refractivity contribution in [2.24, 2.45) is 0 Å². The van der Waals surface area contributed by atoms with Crippen LogP contribution in [0, 0.1) is 11.3 Å². The molecule has 2 aromatic rings. The third-order valence-electron chi connectivity index (χ3n) is 4.68. The molecule has 128 valence electrons. The maximum atomic E-state index is 12.4. The van der Waals surface area contributed by atoms with Crippen LogP contribution in [0.2, 0.25) is 0 Å². The molecule has 1 aromatic carbocycles. The lowest BCUT2D eigenvalue weighted by Crippen LogP contribution is -2.53. The van der Waals surface area contributed by atoms with Crippen molar-refractivity contribution in [3.05, 3.63) is 36.0 Å². The minimum Gasteiger partial charge on any atom is -0.365 e. The van der Waals surface area contributed by atoms with Crippen LogP contribution in [0.3, 0.4) is 0 Å². The van der Waals surface area contributed by atoms with E-state index in [0.717, 1.165) is 23.9 Å². The minimum absolute atomic E-state index is 0.0323. The molecule has 1 aliphatic heterocycles. The summed E-state index contributed by atoms with van der Waals surface area (Å²) in [5, 5.41) is 13.3. The summed E-state index contributed by atoms with van der Waals surface area (Å²) in [6.07, 6.45) is 3.28. The molecular formula is C19H20N4O2. The molecule has 1 saturated heterocycles. The van der Waals surface area contributed by atoms with Gasteiger partial charge in [0.05, 0.1) is 23.7 Å². The molecule has 1 aromatic heterocycles. The van der Waals surface area contributed by atoms with Gasteiger partial charge in [0.1, 0.15) is 6.07 Å². The smallest absolute Gasteiger partial charge is 0.251 e. The normalized spacial score (nSPS) is 23.3.